The molecule has 4 rings (SSSR count). The van der Waals surface area contributed by atoms with Crippen LogP contribution in [-0.4, -0.2) is 58.2 Å². The van der Waals surface area contributed by atoms with E-state index in [2.05, 4.69) is 29.9 Å². The number of aromatic nitrogens is 3. The molecule has 1 aliphatic rings. The van der Waals surface area contributed by atoms with E-state index in [1.807, 2.05) is 24.4 Å². The summed E-state index contributed by atoms with van der Waals surface area (Å²) in [6.07, 6.45) is 0.735. The van der Waals surface area contributed by atoms with Crippen LogP contribution in [-0.2, 0) is 6.54 Å². The minimum atomic E-state index is -4.63. The molecule has 13 heteroatoms. The summed E-state index contributed by atoms with van der Waals surface area (Å²) >= 11 is 1.62. The molecular weight excluding hydrogens is 507 g/mol. The SMILES string of the molecule is N#Cc1c(N)cc(C(=O)NCC2CCN(Cc3cnc(-c4ccccn4)s3)CC2)nc1OCC(F)(F)F. The van der Waals surface area contributed by atoms with Gasteiger partial charge >= 0.3 is 6.18 Å². The number of likely N-dealkylation sites (tertiary alicyclic amines) is 1. The molecular formula is C24H24F3N7O2S. The smallest absolute Gasteiger partial charge is 0.422 e. The van der Waals surface area contributed by atoms with Gasteiger partial charge in [0, 0.05) is 30.4 Å². The van der Waals surface area contributed by atoms with Crippen LogP contribution in [0.15, 0.2) is 36.7 Å². The van der Waals surface area contributed by atoms with Gasteiger partial charge in [-0.05, 0) is 50.0 Å². The number of nitrogens with zero attached hydrogens (tertiary/aromatic N) is 5. The highest BCUT2D eigenvalue weighted by Gasteiger charge is 2.30. The third kappa shape index (κ3) is 7.14. The Labute approximate surface area is 215 Å². The number of nitrogens with one attached hydrogen (secondary N) is 1. The highest BCUT2D eigenvalue weighted by molar-refractivity contribution is 7.14. The number of rotatable bonds is 8. The lowest BCUT2D eigenvalue weighted by molar-refractivity contribution is -0.154. The van der Waals surface area contributed by atoms with Gasteiger partial charge in [0.05, 0.1) is 11.4 Å². The second kappa shape index (κ2) is 11.5. The van der Waals surface area contributed by atoms with Crippen molar-refractivity contribution >= 4 is 22.9 Å². The molecule has 0 aliphatic carbocycles. The number of hydrogen-bond acceptors (Lipinski definition) is 9. The summed E-state index contributed by atoms with van der Waals surface area (Å²) in [5, 5.41) is 12.8. The van der Waals surface area contributed by atoms with E-state index in [-0.39, 0.29) is 22.9 Å². The number of alkyl halides is 3. The lowest BCUT2D eigenvalue weighted by atomic mass is 9.96. The van der Waals surface area contributed by atoms with Gasteiger partial charge in [-0.1, -0.05) is 6.07 Å². The van der Waals surface area contributed by atoms with Crippen LogP contribution in [0.4, 0.5) is 18.9 Å². The van der Waals surface area contributed by atoms with E-state index in [1.54, 1.807) is 23.6 Å². The average Bonchev–Trinajstić information content (AvgIpc) is 3.35. The second-order valence-corrected chi connectivity index (χ2v) is 9.68. The van der Waals surface area contributed by atoms with Gasteiger partial charge in [-0.2, -0.15) is 18.4 Å². The van der Waals surface area contributed by atoms with Gasteiger partial charge in [-0.3, -0.25) is 14.7 Å². The first-order chi connectivity index (χ1) is 17.7. The number of carbonyl (C=O) groups excluding carboxylic acids is 1. The first-order valence-corrected chi connectivity index (χ1v) is 12.3. The number of thiazole rings is 1. The Hall–Kier alpha value is -3.76. The number of ether oxygens (including phenoxy) is 1. The fourth-order valence-corrected chi connectivity index (χ4v) is 4.84. The minimum Gasteiger partial charge on any atom is -0.467 e. The molecule has 1 amide bonds. The quantitative estimate of drug-likeness (QED) is 0.451. The van der Waals surface area contributed by atoms with Crippen LogP contribution in [0.2, 0.25) is 0 Å². The van der Waals surface area contributed by atoms with Crippen molar-refractivity contribution in [3.63, 3.8) is 0 Å². The number of pyridine rings is 2. The van der Waals surface area contributed by atoms with E-state index in [1.165, 1.54) is 0 Å². The van der Waals surface area contributed by atoms with Gasteiger partial charge < -0.3 is 15.8 Å². The fourth-order valence-electron chi connectivity index (χ4n) is 3.91. The van der Waals surface area contributed by atoms with E-state index in [4.69, 9.17) is 11.0 Å². The fraction of sp³-hybridized carbons (Fsp3) is 0.375. The number of piperidine rings is 1. The molecule has 3 aromatic rings. The van der Waals surface area contributed by atoms with E-state index in [0.717, 1.165) is 54.1 Å². The molecule has 0 spiro atoms. The zero-order chi connectivity index (χ0) is 26.4. The third-order valence-corrected chi connectivity index (χ3v) is 6.81. The predicted octanol–water partition coefficient (Wildman–Crippen LogP) is 3.64. The number of hydrogen-bond donors (Lipinski definition) is 2. The molecule has 194 valence electrons. The van der Waals surface area contributed by atoms with Crippen LogP contribution in [0.1, 0.15) is 33.8 Å². The van der Waals surface area contributed by atoms with Gasteiger partial charge in [-0.15, -0.1) is 11.3 Å². The summed E-state index contributed by atoms with van der Waals surface area (Å²) in [6, 6.07) is 8.54. The Bertz CT molecular complexity index is 1270. The third-order valence-electron chi connectivity index (χ3n) is 5.81. The number of nitriles is 1. The van der Waals surface area contributed by atoms with Crippen LogP contribution in [0.3, 0.4) is 0 Å². The average molecular weight is 532 g/mol. The lowest BCUT2D eigenvalue weighted by Gasteiger charge is -2.31. The topological polar surface area (TPSA) is 130 Å². The number of nitrogen functional groups attached to an aromatic ring is 1. The maximum atomic E-state index is 12.6. The van der Waals surface area contributed by atoms with E-state index >= 15 is 0 Å². The van der Waals surface area contributed by atoms with Crippen molar-refractivity contribution in [2.24, 2.45) is 5.92 Å². The number of nitrogens with two attached hydrogens (primary N) is 1. The van der Waals surface area contributed by atoms with Crippen molar-refractivity contribution < 1.29 is 22.7 Å². The van der Waals surface area contributed by atoms with Crippen LogP contribution < -0.4 is 15.8 Å². The highest BCUT2D eigenvalue weighted by atomic mass is 32.1. The minimum absolute atomic E-state index is 0.178. The molecule has 0 aromatic carbocycles. The molecule has 0 bridgehead atoms. The standard InChI is InChI=1S/C24H24F3N7O2S/c25-24(26,27)14-36-22-17(10-28)18(29)9-20(33-22)21(35)31-11-15-4-7-34(8-5-15)13-16-12-32-23(37-16)19-3-1-2-6-30-19/h1-3,6,9,12,15H,4-5,7-8,11,13-14H2,(H2,29,33)(H,31,35). The van der Waals surface area contributed by atoms with E-state index in [9.17, 15) is 18.0 Å². The van der Waals surface area contributed by atoms with Crippen molar-refractivity contribution in [3.8, 4) is 22.7 Å². The van der Waals surface area contributed by atoms with Crippen LogP contribution >= 0.6 is 11.3 Å². The molecule has 3 N–H and O–H groups in total. The molecule has 1 fully saturated rings. The number of anilines is 1. The van der Waals surface area contributed by atoms with Crippen molar-refractivity contribution in [2.75, 3.05) is 32.0 Å². The molecule has 37 heavy (non-hydrogen) atoms. The molecule has 9 nitrogen and oxygen atoms in total. The number of halogens is 3. The first kappa shape index (κ1) is 26.3. The monoisotopic (exact) mass is 531 g/mol. The summed E-state index contributed by atoms with van der Waals surface area (Å²) in [4.78, 5) is 28.7. The maximum absolute atomic E-state index is 12.6. The second-order valence-electron chi connectivity index (χ2n) is 8.57. The van der Waals surface area contributed by atoms with E-state index < -0.39 is 24.6 Å². The molecule has 0 saturated carbocycles. The molecule has 0 atom stereocenters. The Kier molecular flexibility index (Phi) is 8.20. The molecule has 0 unspecified atom stereocenters. The van der Waals surface area contributed by atoms with Crippen molar-refractivity contribution in [2.45, 2.75) is 25.6 Å². The van der Waals surface area contributed by atoms with Gasteiger partial charge in [0.15, 0.2) is 6.61 Å². The summed E-state index contributed by atoms with van der Waals surface area (Å²) in [5.41, 5.74) is 5.87. The number of amides is 1. The first-order valence-electron chi connectivity index (χ1n) is 11.5. The Balaban J connectivity index is 1.27. The van der Waals surface area contributed by atoms with Crippen molar-refractivity contribution in [3.05, 3.63) is 52.8 Å². The van der Waals surface area contributed by atoms with Crippen LogP contribution in [0.25, 0.3) is 10.7 Å². The van der Waals surface area contributed by atoms with Gasteiger partial charge in [0.2, 0.25) is 5.88 Å². The number of carbonyl (C=O) groups is 1. The van der Waals surface area contributed by atoms with Crippen molar-refractivity contribution in [1.82, 2.24) is 25.2 Å². The highest BCUT2D eigenvalue weighted by Crippen LogP contribution is 2.27. The largest absolute Gasteiger partial charge is 0.467 e. The zero-order valence-electron chi connectivity index (χ0n) is 19.7. The van der Waals surface area contributed by atoms with Gasteiger partial charge in [0.1, 0.15) is 22.3 Å². The van der Waals surface area contributed by atoms with Crippen molar-refractivity contribution in [1.29, 1.82) is 5.26 Å². The molecule has 1 saturated heterocycles. The molecule has 4 heterocycles. The molecule has 1 aliphatic heterocycles. The zero-order valence-corrected chi connectivity index (χ0v) is 20.5. The summed E-state index contributed by atoms with van der Waals surface area (Å²) < 4.78 is 42.2. The summed E-state index contributed by atoms with van der Waals surface area (Å²) in [5.74, 6) is -0.975. The van der Waals surface area contributed by atoms with E-state index in [0.29, 0.717) is 6.54 Å². The maximum Gasteiger partial charge on any atom is 0.422 e. The Morgan fingerprint density at radius 3 is 2.76 bits per heavy atom. The van der Waals surface area contributed by atoms with Gasteiger partial charge in [-0.25, -0.2) is 9.97 Å². The normalized spacial score (nSPS) is 14.8. The Morgan fingerprint density at radius 1 is 1.30 bits per heavy atom. The van der Waals surface area contributed by atoms with Crippen LogP contribution in [0, 0.1) is 17.2 Å². The Morgan fingerprint density at radius 2 is 2.08 bits per heavy atom. The molecule has 0 radical (unpaired) electrons. The van der Waals surface area contributed by atoms with Gasteiger partial charge in [0.25, 0.3) is 5.91 Å². The lowest BCUT2D eigenvalue weighted by Crippen LogP contribution is -2.38. The summed E-state index contributed by atoms with van der Waals surface area (Å²) in [7, 11) is 0. The van der Waals surface area contributed by atoms with Crippen LogP contribution in [0.5, 0.6) is 5.88 Å². The summed E-state index contributed by atoms with van der Waals surface area (Å²) in [6.45, 7) is 1.24. The molecule has 3 aromatic heterocycles. The predicted molar refractivity (Wildman–Crippen MR) is 131 cm³/mol.